The van der Waals surface area contributed by atoms with Gasteiger partial charge < -0.3 is 19.9 Å². The molecule has 2 aromatic carbocycles. The Kier molecular flexibility index (Phi) is 6.93. The number of aryl methyl sites for hydroxylation is 1. The first-order valence-electron chi connectivity index (χ1n) is 10.9. The Morgan fingerprint density at radius 3 is 2.76 bits per heavy atom. The minimum atomic E-state index is -1.05. The van der Waals surface area contributed by atoms with Gasteiger partial charge in [-0.2, -0.15) is 0 Å². The average Bonchev–Trinajstić information content (AvgIpc) is 3.27. The maximum atomic E-state index is 12.5. The summed E-state index contributed by atoms with van der Waals surface area (Å²) in [5.74, 6) is 0.0688. The van der Waals surface area contributed by atoms with Crippen LogP contribution in [0.4, 0.5) is 0 Å². The van der Waals surface area contributed by atoms with E-state index in [1.165, 1.54) is 6.20 Å². The third-order valence-electron chi connectivity index (χ3n) is 5.37. The van der Waals surface area contributed by atoms with Crippen molar-refractivity contribution in [3.8, 4) is 16.7 Å². The van der Waals surface area contributed by atoms with E-state index < -0.39 is 17.9 Å². The minimum absolute atomic E-state index is 0.0378. The lowest BCUT2D eigenvalue weighted by molar-refractivity contribution is -0.139. The zero-order valence-corrected chi connectivity index (χ0v) is 19.3. The van der Waals surface area contributed by atoms with Gasteiger partial charge in [-0.3, -0.25) is 4.79 Å². The number of rotatable bonds is 8. The molecule has 172 valence electrons. The summed E-state index contributed by atoms with van der Waals surface area (Å²) in [6.45, 7) is 3.82. The number of nitrogens with one attached hydrogen (secondary N) is 1. The lowest BCUT2D eigenvalue weighted by Gasteiger charge is -2.26. The molecular weight excluding hydrogens is 440 g/mol. The van der Waals surface area contributed by atoms with Gasteiger partial charge in [-0.1, -0.05) is 55.5 Å². The van der Waals surface area contributed by atoms with Gasteiger partial charge >= 0.3 is 5.97 Å². The number of fused-ring (bicyclic) bond motifs is 1. The van der Waals surface area contributed by atoms with E-state index in [1.54, 1.807) is 0 Å². The van der Waals surface area contributed by atoms with Crippen molar-refractivity contribution in [2.24, 2.45) is 5.92 Å². The van der Waals surface area contributed by atoms with Crippen LogP contribution in [0.3, 0.4) is 0 Å². The van der Waals surface area contributed by atoms with Crippen LogP contribution in [0.1, 0.15) is 53.6 Å². The number of amides is 1. The second-order valence-corrected chi connectivity index (χ2v) is 9.40. The molecule has 0 fully saturated rings. The zero-order chi connectivity index (χ0) is 23.4. The molecule has 2 atom stereocenters. The molecule has 1 aliphatic rings. The first kappa shape index (κ1) is 22.8. The number of carboxylic acids is 1. The summed E-state index contributed by atoms with van der Waals surface area (Å²) in [6.07, 6.45) is 3.53. The molecular formula is C25H26N2O5S. The number of nitrogens with zero attached hydrogens (tertiary/aromatic N) is 1. The van der Waals surface area contributed by atoms with E-state index in [0.717, 1.165) is 41.1 Å². The van der Waals surface area contributed by atoms with E-state index in [9.17, 15) is 14.7 Å². The Morgan fingerprint density at radius 1 is 1.24 bits per heavy atom. The van der Waals surface area contributed by atoms with Crippen molar-refractivity contribution in [2.45, 2.75) is 45.3 Å². The highest BCUT2D eigenvalue weighted by Gasteiger charge is 2.24. The molecule has 0 saturated heterocycles. The van der Waals surface area contributed by atoms with Gasteiger partial charge in [-0.15, -0.1) is 0 Å². The van der Waals surface area contributed by atoms with Crippen molar-refractivity contribution in [3.05, 3.63) is 70.7 Å². The molecule has 0 unspecified atom stereocenters. The molecule has 3 aromatic rings. The highest BCUT2D eigenvalue weighted by molar-refractivity contribution is 7.15. The number of hydrogen-bond donors (Lipinski definition) is 2. The SMILES string of the molecule is CC(C)C[C@@H](NC(=O)c1cnc(Oc2ccc3c(c2)CC[C@@H](c2ccccc2)O3)s1)C(=O)O. The van der Waals surface area contributed by atoms with Crippen molar-refractivity contribution in [1.29, 1.82) is 0 Å². The van der Waals surface area contributed by atoms with E-state index in [4.69, 9.17) is 9.47 Å². The number of carbonyl (C=O) groups is 2. The molecule has 0 saturated carbocycles. The third-order valence-corrected chi connectivity index (χ3v) is 6.25. The van der Waals surface area contributed by atoms with Crippen LogP contribution in [0, 0.1) is 5.92 Å². The van der Waals surface area contributed by atoms with Gasteiger partial charge in [-0.05, 0) is 54.5 Å². The molecule has 8 heteroatoms. The Morgan fingerprint density at radius 2 is 2.03 bits per heavy atom. The maximum Gasteiger partial charge on any atom is 0.326 e. The smallest absolute Gasteiger partial charge is 0.326 e. The lowest BCUT2D eigenvalue weighted by Crippen LogP contribution is -2.41. The van der Waals surface area contributed by atoms with Gasteiger partial charge in [0.1, 0.15) is 28.5 Å². The lowest BCUT2D eigenvalue weighted by atomic mass is 9.97. The van der Waals surface area contributed by atoms with Crippen molar-refractivity contribution in [3.63, 3.8) is 0 Å². The second kappa shape index (κ2) is 10.0. The Labute approximate surface area is 196 Å². The quantitative estimate of drug-likeness (QED) is 0.472. The fourth-order valence-corrected chi connectivity index (χ4v) is 4.45. The summed E-state index contributed by atoms with van der Waals surface area (Å²) in [6, 6.07) is 14.9. The van der Waals surface area contributed by atoms with Crippen LogP contribution in [0.15, 0.2) is 54.7 Å². The monoisotopic (exact) mass is 466 g/mol. The van der Waals surface area contributed by atoms with Crippen LogP contribution >= 0.6 is 11.3 Å². The number of carboxylic acid groups (broad SMARTS) is 1. The number of benzene rings is 2. The predicted octanol–water partition coefficient (Wildman–Crippen LogP) is 5.23. The van der Waals surface area contributed by atoms with Gasteiger partial charge in [-0.25, -0.2) is 9.78 Å². The number of hydrogen-bond acceptors (Lipinski definition) is 6. The summed E-state index contributed by atoms with van der Waals surface area (Å²) in [4.78, 5) is 28.3. The number of aliphatic carboxylic acids is 1. The molecule has 0 aliphatic carbocycles. The molecule has 0 radical (unpaired) electrons. The molecule has 1 aromatic heterocycles. The number of ether oxygens (including phenoxy) is 2. The van der Waals surface area contributed by atoms with E-state index in [1.807, 2.05) is 50.2 Å². The van der Waals surface area contributed by atoms with Gasteiger partial charge in [0, 0.05) is 0 Å². The van der Waals surface area contributed by atoms with Gasteiger partial charge in [0.2, 0.25) is 0 Å². The van der Waals surface area contributed by atoms with Crippen LogP contribution < -0.4 is 14.8 Å². The van der Waals surface area contributed by atoms with Crippen molar-refractivity contribution >= 4 is 23.2 Å². The number of thiazole rings is 1. The van der Waals surface area contributed by atoms with Crippen LogP contribution in [0.5, 0.6) is 16.7 Å². The molecule has 1 aliphatic heterocycles. The first-order valence-corrected chi connectivity index (χ1v) is 11.7. The normalized spacial score (nSPS) is 15.9. The summed E-state index contributed by atoms with van der Waals surface area (Å²) >= 11 is 1.07. The molecule has 33 heavy (non-hydrogen) atoms. The number of aromatic nitrogens is 1. The van der Waals surface area contributed by atoms with E-state index >= 15 is 0 Å². The topological polar surface area (TPSA) is 97.8 Å². The summed E-state index contributed by atoms with van der Waals surface area (Å²) in [7, 11) is 0. The highest BCUT2D eigenvalue weighted by atomic mass is 32.1. The summed E-state index contributed by atoms with van der Waals surface area (Å²) in [5.41, 5.74) is 2.22. The average molecular weight is 467 g/mol. The largest absolute Gasteiger partial charge is 0.485 e. The molecule has 0 bridgehead atoms. The number of carbonyl (C=O) groups excluding carboxylic acids is 1. The van der Waals surface area contributed by atoms with Crippen LogP contribution in [0.25, 0.3) is 0 Å². The van der Waals surface area contributed by atoms with E-state index in [0.29, 0.717) is 22.2 Å². The first-order chi connectivity index (χ1) is 15.9. The van der Waals surface area contributed by atoms with Crippen LogP contribution in [0.2, 0.25) is 0 Å². The predicted molar refractivity (Wildman–Crippen MR) is 125 cm³/mol. The molecule has 2 N–H and O–H groups in total. The van der Waals surface area contributed by atoms with Crippen molar-refractivity contribution < 1.29 is 24.2 Å². The standard InChI is InChI=1S/C25H26N2O5S/c1-15(2)12-19(24(29)30)27-23(28)22-14-26-25(33-22)31-18-9-11-21-17(13-18)8-10-20(32-21)16-6-4-3-5-7-16/h3-7,9,11,13-15,19-20H,8,10,12H2,1-2H3,(H,27,28)(H,29,30)/t19-,20+/m1/s1. The van der Waals surface area contributed by atoms with Crippen molar-refractivity contribution in [1.82, 2.24) is 10.3 Å². The zero-order valence-electron chi connectivity index (χ0n) is 18.5. The minimum Gasteiger partial charge on any atom is -0.485 e. The molecule has 7 nitrogen and oxygen atoms in total. The summed E-state index contributed by atoms with van der Waals surface area (Å²) < 4.78 is 12.0. The van der Waals surface area contributed by atoms with Crippen LogP contribution in [-0.2, 0) is 11.2 Å². The van der Waals surface area contributed by atoms with Gasteiger partial charge in [0.15, 0.2) is 0 Å². The maximum absolute atomic E-state index is 12.5. The van der Waals surface area contributed by atoms with Gasteiger partial charge in [0.25, 0.3) is 11.1 Å². The van der Waals surface area contributed by atoms with E-state index in [2.05, 4.69) is 22.4 Å². The molecule has 4 rings (SSSR count). The fraction of sp³-hybridized carbons (Fsp3) is 0.320. The highest BCUT2D eigenvalue weighted by Crippen LogP contribution is 2.38. The second-order valence-electron chi connectivity index (χ2n) is 8.41. The van der Waals surface area contributed by atoms with Crippen LogP contribution in [-0.4, -0.2) is 28.0 Å². The Hall–Kier alpha value is -3.39. The van der Waals surface area contributed by atoms with Crippen molar-refractivity contribution in [2.75, 3.05) is 0 Å². The molecule has 1 amide bonds. The fourth-order valence-electron chi connectivity index (χ4n) is 3.76. The Bertz CT molecular complexity index is 1130. The third kappa shape index (κ3) is 5.70. The molecule has 0 spiro atoms. The Balaban J connectivity index is 1.40. The molecule has 2 heterocycles. The van der Waals surface area contributed by atoms with Gasteiger partial charge in [0.05, 0.1) is 6.20 Å². The van der Waals surface area contributed by atoms with E-state index in [-0.39, 0.29) is 12.0 Å². The summed E-state index contributed by atoms with van der Waals surface area (Å²) in [5, 5.41) is 12.2.